The Morgan fingerprint density at radius 1 is 1.75 bits per heavy atom. The molecule has 0 fully saturated rings. The highest BCUT2D eigenvalue weighted by Crippen LogP contribution is 1.78. The molecule has 0 aliphatic heterocycles. The zero-order valence-corrected chi connectivity index (χ0v) is 5.32. The second kappa shape index (κ2) is 4.77. The van der Waals surface area contributed by atoms with Crippen molar-refractivity contribution in [2.24, 2.45) is 0 Å². The zero-order chi connectivity index (χ0) is 6.41. The number of carbonyl (C=O) groups is 1. The molecule has 2 N–H and O–H groups in total. The van der Waals surface area contributed by atoms with Crippen LogP contribution in [0, 0.1) is 0 Å². The molecule has 0 saturated heterocycles. The quantitative estimate of drug-likeness (QED) is 0.391. The summed E-state index contributed by atoms with van der Waals surface area (Å²) in [6.45, 7) is 0.499. The molecule has 0 heterocycles. The van der Waals surface area contributed by atoms with Crippen molar-refractivity contribution in [2.45, 2.75) is 6.42 Å². The van der Waals surface area contributed by atoms with Gasteiger partial charge in [-0.25, -0.2) is 4.79 Å². The molecular weight excluding hydrogens is 126 g/mol. The molecule has 4 heteroatoms. The van der Waals surface area contributed by atoms with E-state index in [9.17, 15) is 4.79 Å². The molecule has 0 saturated carbocycles. The predicted octanol–water partition coefficient (Wildman–Crippen LogP) is 0.574. The Labute approximate surface area is 53.5 Å². The lowest BCUT2D eigenvalue weighted by atomic mass is 10.5. The number of nitrogens with one attached hydrogen (secondary N) is 1. The van der Waals surface area contributed by atoms with Crippen LogP contribution in [-0.4, -0.2) is 23.5 Å². The molecule has 0 unspecified atom stereocenters. The minimum atomic E-state index is -0.966. The summed E-state index contributed by atoms with van der Waals surface area (Å²) in [4.78, 5) is 9.74. The number of carboxylic acid groups (broad SMARTS) is 1. The van der Waals surface area contributed by atoms with Crippen molar-refractivity contribution >= 4 is 18.7 Å². The third kappa shape index (κ3) is 5.62. The molecule has 0 spiro atoms. The lowest BCUT2D eigenvalue weighted by Crippen LogP contribution is -2.21. The minimum absolute atomic E-state index is 0.499. The fourth-order valence-corrected chi connectivity index (χ4v) is 0.432. The van der Waals surface area contributed by atoms with Crippen molar-refractivity contribution < 1.29 is 9.90 Å². The smallest absolute Gasteiger partial charge is 0.404 e. The van der Waals surface area contributed by atoms with Gasteiger partial charge in [-0.2, -0.15) is 12.6 Å². The maximum absolute atomic E-state index is 9.74. The van der Waals surface area contributed by atoms with Crippen LogP contribution in [0.5, 0.6) is 0 Å². The first-order chi connectivity index (χ1) is 3.77. The van der Waals surface area contributed by atoms with E-state index in [4.69, 9.17) is 5.11 Å². The average molecular weight is 135 g/mol. The van der Waals surface area contributed by atoms with Gasteiger partial charge < -0.3 is 10.4 Å². The van der Waals surface area contributed by atoms with E-state index < -0.39 is 6.09 Å². The molecule has 1 amide bonds. The lowest BCUT2D eigenvalue weighted by molar-refractivity contribution is 0.194. The molecule has 3 nitrogen and oxygen atoms in total. The normalized spacial score (nSPS) is 8.62. The van der Waals surface area contributed by atoms with Gasteiger partial charge in [0.05, 0.1) is 0 Å². The first-order valence-electron chi connectivity index (χ1n) is 2.35. The molecular formula is C4H9NO2S. The maximum atomic E-state index is 9.74. The van der Waals surface area contributed by atoms with E-state index in [1.54, 1.807) is 0 Å². The highest BCUT2D eigenvalue weighted by molar-refractivity contribution is 7.80. The summed E-state index contributed by atoms with van der Waals surface area (Å²) >= 11 is 3.89. The first-order valence-corrected chi connectivity index (χ1v) is 2.98. The van der Waals surface area contributed by atoms with Crippen LogP contribution in [0.15, 0.2) is 0 Å². The van der Waals surface area contributed by atoms with E-state index in [1.165, 1.54) is 0 Å². The Morgan fingerprint density at radius 2 is 2.38 bits per heavy atom. The summed E-state index contributed by atoms with van der Waals surface area (Å²) in [5.41, 5.74) is 0. The number of rotatable bonds is 3. The Kier molecular flexibility index (Phi) is 4.54. The average Bonchev–Trinajstić information content (AvgIpc) is 1.66. The fraction of sp³-hybridized carbons (Fsp3) is 0.750. The second-order valence-electron chi connectivity index (χ2n) is 1.31. The van der Waals surface area contributed by atoms with Crippen LogP contribution in [0.3, 0.4) is 0 Å². The minimum Gasteiger partial charge on any atom is -0.465 e. The second-order valence-corrected chi connectivity index (χ2v) is 1.76. The van der Waals surface area contributed by atoms with E-state index in [2.05, 4.69) is 17.9 Å². The van der Waals surface area contributed by atoms with Gasteiger partial charge in [0.1, 0.15) is 0 Å². The van der Waals surface area contributed by atoms with Crippen molar-refractivity contribution in [2.75, 3.05) is 12.3 Å². The SMILES string of the molecule is O=C(O)NCCCS. The van der Waals surface area contributed by atoms with Gasteiger partial charge in [0.15, 0.2) is 0 Å². The molecule has 0 aromatic rings. The topological polar surface area (TPSA) is 49.3 Å². The molecule has 0 aliphatic rings. The van der Waals surface area contributed by atoms with Gasteiger partial charge >= 0.3 is 6.09 Å². The standard InChI is InChI=1S/C4H9NO2S/c6-4(7)5-2-1-3-8/h5,8H,1-3H2,(H,6,7). The third-order valence-corrected chi connectivity index (χ3v) is 0.927. The summed E-state index contributed by atoms with van der Waals surface area (Å²) in [6.07, 6.45) is -0.179. The van der Waals surface area contributed by atoms with Crippen molar-refractivity contribution in [3.8, 4) is 0 Å². The summed E-state index contributed by atoms with van der Waals surface area (Å²) < 4.78 is 0. The van der Waals surface area contributed by atoms with E-state index >= 15 is 0 Å². The predicted molar refractivity (Wildman–Crippen MR) is 34.5 cm³/mol. The van der Waals surface area contributed by atoms with Gasteiger partial charge in [-0.1, -0.05) is 0 Å². The molecule has 8 heavy (non-hydrogen) atoms. The van der Waals surface area contributed by atoms with Crippen molar-refractivity contribution in [3.05, 3.63) is 0 Å². The Hall–Kier alpha value is -0.380. The molecule has 0 radical (unpaired) electrons. The number of amides is 1. The van der Waals surface area contributed by atoms with Crippen molar-refractivity contribution in [3.63, 3.8) is 0 Å². The van der Waals surface area contributed by atoms with Crippen LogP contribution >= 0.6 is 12.6 Å². The van der Waals surface area contributed by atoms with Crippen LogP contribution in [-0.2, 0) is 0 Å². The van der Waals surface area contributed by atoms with Crippen LogP contribution in [0.2, 0.25) is 0 Å². The third-order valence-electron chi connectivity index (χ3n) is 0.611. The highest BCUT2D eigenvalue weighted by Gasteiger charge is 1.89. The Bertz CT molecular complexity index is 76.4. The summed E-state index contributed by atoms with van der Waals surface area (Å²) in [6, 6.07) is 0. The molecule has 0 rings (SSSR count). The van der Waals surface area contributed by atoms with E-state index in [0.29, 0.717) is 6.54 Å². The van der Waals surface area contributed by atoms with Crippen LogP contribution < -0.4 is 5.32 Å². The van der Waals surface area contributed by atoms with Crippen LogP contribution in [0.1, 0.15) is 6.42 Å². The van der Waals surface area contributed by atoms with Crippen LogP contribution in [0.4, 0.5) is 4.79 Å². The number of hydrogen-bond donors (Lipinski definition) is 3. The van der Waals surface area contributed by atoms with Gasteiger partial charge in [0.25, 0.3) is 0 Å². The highest BCUT2D eigenvalue weighted by atomic mass is 32.1. The zero-order valence-electron chi connectivity index (χ0n) is 4.42. The summed E-state index contributed by atoms with van der Waals surface area (Å²) in [5, 5.41) is 10.2. The largest absolute Gasteiger partial charge is 0.465 e. The molecule has 0 atom stereocenters. The Balaban J connectivity index is 2.82. The van der Waals surface area contributed by atoms with E-state index in [-0.39, 0.29) is 0 Å². The van der Waals surface area contributed by atoms with Gasteiger partial charge in [-0.3, -0.25) is 0 Å². The summed E-state index contributed by atoms with van der Waals surface area (Å²) in [5.74, 6) is 0.722. The Morgan fingerprint density at radius 3 is 2.75 bits per heavy atom. The first kappa shape index (κ1) is 7.62. The van der Waals surface area contributed by atoms with Crippen molar-refractivity contribution in [1.82, 2.24) is 5.32 Å². The fourth-order valence-electron chi connectivity index (χ4n) is 0.274. The van der Waals surface area contributed by atoms with E-state index in [1.807, 2.05) is 0 Å². The lowest BCUT2D eigenvalue weighted by Gasteiger charge is -1.94. The van der Waals surface area contributed by atoms with Gasteiger partial charge in [-0.15, -0.1) is 0 Å². The molecule has 0 aliphatic carbocycles. The molecule has 48 valence electrons. The van der Waals surface area contributed by atoms with E-state index in [0.717, 1.165) is 12.2 Å². The summed E-state index contributed by atoms with van der Waals surface area (Å²) in [7, 11) is 0. The molecule has 0 aromatic carbocycles. The molecule has 0 bridgehead atoms. The maximum Gasteiger partial charge on any atom is 0.404 e. The van der Waals surface area contributed by atoms with Gasteiger partial charge in [0, 0.05) is 6.54 Å². The molecule has 0 aromatic heterocycles. The van der Waals surface area contributed by atoms with Crippen molar-refractivity contribution in [1.29, 1.82) is 0 Å². The van der Waals surface area contributed by atoms with Gasteiger partial charge in [-0.05, 0) is 12.2 Å². The monoisotopic (exact) mass is 135 g/mol. The van der Waals surface area contributed by atoms with Gasteiger partial charge in [0.2, 0.25) is 0 Å². The van der Waals surface area contributed by atoms with Crippen LogP contribution in [0.25, 0.3) is 0 Å². The number of hydrogen-bond acceptors (Lipinski definition) is 2. The number of thiol groups is 1.